The summed E-state index contributed by atoms with van der Waals surface area (Å²) in [5, 5.41) is 3.60. The van der Waals surface area contributed by atoms with Crippen LogP contribution < -0.4 is 5.32 Å². The molecule has 24 heavy (non-hydrogen) atoms. The number of halogens is 2. The van der Waals surface area contributed by atoms with Crippen LogP contribution in [0.2, 0.25) is 10.0 Å². The van der Waals surface area contributed by atoms with E-state index in [0.717, 1.165) is 5.56 Å². The lowest BCUT2D eigenvalue weighted by Gasteiger charge is -2.09. The molecule has 0 aliphatic rings. The minimum Gasteiger partial charge on any atom is -0.379 e. The molecule has 0 saturated carbocycles. The van der Waals surface area contributed by atoms with Crippen LogP contribution in [-0.2, 0) is 16.1 Å². The molecule has 1 amide bonds. The monoisotopic (exact) mass is 367 g/mol. The van der Waals surface area contributed by atoms with Gasteiger partial charge < -0.3 is 14.8 Å². The fourth-order valence-electron chi connectivity index (χ4n) is 2.03. The van der Waals surface area contributed by atoms with Gasteiger partial charge in [-0.2, -0.15) is 0 Å². The molecule has 0 atom stereocenters. The predicted octanol–water partition coefficient (Wildman–Crippen LogP) is 4.80. The Morgan fingerprint density at radius 3 is 2.58 bits per heavy atom. The molecular weight excluding hydrogens is 349 g/mol. The molecule has 0 saturated heterocycles. The SMILES string of the molecule is CCOCCOCc1cccc(NC(=O)c2ccc(Cl)c(Cl)c2)c1. The first kappa shape index (κ1) is 18.7. The Kier molecular flexibility index (Phi) is 7.53. The van der Waals surface area contributed by atoms with Crippen LogP contribution in [0.3, 0.4) is 0 Å². The number of nitrogens with one attached hydrogen (secondary N) is 1. The molecule has 0 aliphatic heterocycles. The van der Waals surface area contributed by atoms with Crippen molar-refractivity contribution in [2.75, 3.05) is 25.1 Å². The third-order valence-corrected chi connectivity index (χ3v) is 3.95. The van der Waals surface area contributed by atoms with E-state index in [2.05, 4.69) is 5.32 Å². The lowest BCUT2D eigenvalue weighted by molar-refractivity contribution is 0.0453. The minimum absolute atomic E-state index is 0.247. The van der Waals surface area contributed by atoms with Gasteiger partial charge in [-0.05, 0) is 42.8 Å². The second-order valence-corrected chi connectivity index (χ2v) is 5.85. The van der Waals surface area contributed by atoms with Gasteiger partial charge in [-0.25, -0.2) is 0 Å². The van der Waals surface area contributed by atoms with Crippen LogP contribution in [-0.4, -0.2) is 25.7 Å². The molecule has 4 nitrogen and oxygen atoms in total. The highest BCUT2D eigenvalue weighted by atomic mass is 35.5. The van der Waals surface area contributed by atoms with E-state index in [0.29, 0.717) is 47.7 Å². The van der Waals surface area contributed by atoms with Crippen molar-refractivity contribution in [2.24, 2.45) is 0 Å². The quantitative estimate of drug-likeness (QED) is 0.681. The second kappa shape index (κ2) is 9.64. The van der Waals surface area contributed by atoms with Crippen LogP contribution in [0.4, 0.5) is 5.69 Å². The van der Waals surface area contributed by atoms with E-state index in [1.807, 2.05) is 31.2 Å². The Labute approximate surface area is 151 Å². The van der Waals surface area contributed by atoms with Crippen LogP contribution in [0, 0.1) is 0 Å². The van der Waals surface area contributed by atoms with Crippen molar-refractivity contribution >= 4 is 34.8 Å². The second-order valence-electron chi connectivity index (χ2n) is 5.03. The zero-order chi connectivity index (χ0) is 17.4. The molecule has 128 valence electrons. The van der Waals surface area contributed by atoms with Gasteiger partial charge in [-0.15, -0.1) is 0 Å². The van der Waals surface area contributed by atoms with E-state index >= 15 is 0 Å². The Morgan fingerprint density at radius 1 is 1.04 bits per heavy atom. The number of amides is 1. The van der Waals surface area contributed by atoms with Crippen LogP contribution in [0.25, 0.3) is 0 Å². The maximum Gasteiger partial charge on any atom is 0.255 e. The normalized spacial score (nSPS) is 10.6. The predicted molar refractivity (Wildman–Crippen MR) is 97.0 cm³/mol. The smallest absolute Gasteiger partial charge is 0.255 e. The zero-order valence-electron chi connectivity index (χ0n) is 13.4. The summed E-state index contributed by atoms with van der Waals surface area (Å²) in [5.41, 5.74) is 2.11. The fourth-order valence-corrected chi connectivity index (χ4v) is 2.33. The van der Waals surface area contributed by atoms with Crippen molar-refractivity contribution in [3.63, 3.8) is 0 Å². The number of benzene rings is 2. The summed E-state index contributed by atoms with van der Waals surface area (Å²) < 4.78 is 10.7. The Balaban J connectivity index is 1.93. The number of hydrogen-bond acceptors (Lipinski definition) is 3. The Hall–Kier alpha value is -1.59. The molecule has 0 radical (unpaired) electrons. The molecule has 0 fully saturated rings. The van der Waals surface area contributed by atoms with Crippen LogP contribution in [0.15, 0.2) is 42.5 Å². The van der Waals surface area contributed by atoms with Gasteiger partial charge in [0.25, 0.3) is 5.91 Å². The molecule has 1 N–H and O–H groups in total. The van der Waals surface area contributed by atoms with Crippen molar-refractivity contribution in [2.45, 2.75) is 13.5 Å². The van der Waals surface area contributed by atoms with E-state index in [9.17, 15) is 4.79 Å². The fraction of sp³-hybridized carbons (Fsp3) is 0.278. The van der Waals surface area contributed by atoms with Gasteiger partial charge in [0.2, 0.25) is 0 Å². The molecule has 0 spiro atoms. The average molecular weight is 368 g/mol. The first-order chi connectivity index (χ1) is 11.6. The first-order valence-corrected chi connectivity index (χ1v) is 8.36. The molecule has 0 aliphatic carbocycles. The number of anilines is 1. The van der Waals surface area contributed by atoms with E-state index in [4.69, 9.17) is 32.7 Å². The summed E-state index contributed by atoms with van der Waals surface area (Å²) in [4.78, 5) is 12.3. The van der Waals surface area contributed by atoms with E-state index in [1.165, 1.54) is 0 Å². The van der Waals surface area contributed by atoms with Crippen molar-refractivity contribution in [3.8, 4) is 0 Å². The third-order valence-electron chi connectivity index (χ3n) is 3.21. The average Bonchev–Trinajstić information content (AvgIpc) is 2.57. The summed E-state index contributed by atoms with van der Waals surface area (Å²) >= 11 is 11.8. The highest BCUT2D eigenvalue weighted by Crippen LogP contribution is 2.23. The van der Waals surface area contributed by atoms with Crippen molar-refractivity contribution in [3.05, 3.63) is 63.6 Å². The maximum absolute atomic E-state index is 12.3. The number of carbonyl (C=O) groups excluding carboxylic acids is 1. The minimum atomic E-state index is -0.247. The summed E-state index contributed by atoms with van der Waals surface area (Å²) in [6.07, 6.45) is 0. The third kappa shape index (κ3) is 5.80. The van der Waals surface area contributed by atoms with Crippen LogP contribution in [0.5, 0.6) is 0 Å². The van der Waals surface area contributed by atoms with E-state index in [1.54, 1.807) is 18.2 Å². The lowest BCUT2D eigenvalue weighted by atomic mass is 10.2. The van der Waals surface area contributed by atoms with E-state index < -0.39 is 0 Å². The van der Waals surface area contributed by atoms with Gasteiger partial charge in [0.05, 0.1) is 29.9 Å². The first-order valence-electron chi connectivity index (χ1n) is 7.61. The zero-order valence-corrected chi connectivity index (χ0v) is 14.9. The Bertz CT molecular complexity index is 692. The molecule has 0 bridgehead atoms. The number of rotatable bonds is 8. The van der Waals surface area contributed by atoms with Gasteiger partial charge in [-0.1, -0.05) is 35.3 Å². The molecular formula is C18H19Cl2NO3. The number of hydrogen-bond donors (Lipinski definition) is 1. The molecule has 6 heteroatoms. The van der Waals surface area contributed by atoms with Crippen molar-refractivity contribution < 1.29 is 14.3 Å². The molecule has 2 aromatic rings. The van der Waals surface area contributed by atoms with Gasteiger partial charge >= 0.3 is 0 Å². The van der Waals surface area contributed by atoms with E-state index in [-0.39, 0.29) is 5.91 Å². The Morgan fingerprint density at radius 2 is 1.83 bits per heavy atom. The maximum atomic E-state index is 12.3. The molecule has 2 aromatic carbocycles. The lowest BCUT2D eigenvalue weighted by Crippen LogP contribution is -2.12. The number of carbonyl (C=O) groups is 1. The van der Waals surface area contributed by atoms with Crippen LogP contribution >= 0.6 is 23.2 Å². The van der Waals surface area contributed by atoms with Crippen molar-refractivity contribution in [1.82, 2.24) is 0 Å². The molecule has 0 heterocycles. The molecule has 0 aromatic heterocycles. The van der Waals surface area contributed by atoms with Crippen molar-refractivity contribution in [1.29, 1.82) is 0 Å². The summed E-state index contributed by atoms with van der Waals surface area (Å²) in [7, 11) is 0. The van der Waals surface area contributed by atoms with Crippen LogP contribution in [0.1, 0.15) is 22.8 Å². The highest BCUT2D eigenvalue weighted by molar-refractivity contribution is 6.42. The topological polar surface area (TPSA) is 47.6 Å². The highest BCUT2D eigenvalue weighted by Gasteiger charge is 2.09. The van der Waals surface area contributed by atoms with Gasteiger partial charge in [-0.3, -0.25) is 4.79 Å². The molecule has 2 rings (SSSR count). The van der Waals surface area contributed by atoms with Gasteiger partial charge in [0.1, 0.15) is 0 Å². The van der Waals surface area contributed by atoms with Gasteiger partial charge in [0.15, 0.2) is 0 Å². The van der Waals surface area contributed by atoms with Gasteiger partial charge in [0, 0.05) is 17.9 Å². The summed E-state index contributed by atoms with van der Waals surface area (Å²) in [6.45, 7) is 4.20. The summed E-state index contributed by atoms with van der Waals surface area (Å²) in [6, 6.07) is 12.3. The standard InChI is InChI=1S/C18H19Cl2NO3/c1-2-23-8-9-24-12-13-4-3-5-15(10-13)21-18(22)14-6-7-16(19)17(20)11-14/h3-7,10-11H,2,8-9,12H2,1H3,(H,21,22). The molecule has 0 unspecified atom stereocenters. The summed E-state index contributed by atoms with van der Waals surface area (Å²) in [5.74, 6) is -0.247. The largest absolute Gasteiger partial charge is 0.379 e. The number of ether oxygens (including phenoxy) is 2.